The third kappa shape index (κ3) is 3.88. The number of nitrogens with one attached hydrogen (secondary N) is 1. The van der Waals surface area contributed by atoms with Gasteiger partial charge in [0, 0.05) is 6.42 Å². The van der Waals surface area contributed by atoms with Gasteiger partial charge in [0.15, 0.2) is 0 Å². The summed E-state index contributed by atoms with van der Waals surface area (Å²) in [5, 5.41) is 6.69. The van der Waals surface area contributed by atoms with Crippen LogP contribution in [0.5, 0.6) is 0 Å². The van der Waals surface area contributed by atoms with Gasteiger partial charge in [-0.3, -0.25) is 4.79 Å². The summed E-state index contributed by atoms with van der Waals surface area (Å²) < 4.78 is 0. The van der Waals surface area contributed by atoms with Crippen molar-refractivity contribution in [1.82, 2.24) is 0 Å². The Morgan fingerprint density at radius 1 is 1.17 bits per heavy atom. The summed E-state index contributed by atoms with van der Waals surface area (Å²) in [7, 11) is 0. The van der Waals surface area contributed by atoms with E-state index in [0.29, 0.717) is 23.5 Å². The zero-order valence-corrected chi connectivity index (χ0v) is 12.7. The van der Waals surface area contributed by atoms with Gasteiger partial charge in [-0.05, 0) is 30.5 Å². The number of benzene rings is 2. The number of rotatable bonds is 5. The maximum Gasteiger partial charge on any atom is 0.273 e. The lowest BCUT2D eigenvalue weighted by atomic mass is 10.0. The molecular formula is C18H19N3O2. The summed E-state index contributed by atoms with van der Waals surface area (Å²) in [5.74, 6) is -0.259. The summed E-state index contributed by atoms with van der Waals surface area (Å²) in [5.41, 5.74) is 8.60. The van der Waals surface area contributed by atoms with E-state index >= 15 is 0 Å². The third-order valence-corrected chi connectivity index (χ3v) is 3.80. The van der Waals surface area contributed by atoms with Crippen molar-refractivity contribution in [3.05, 3.63) is 60.2 Å². The van der Waals surface area contributed by atoms with Crippen LogP contribution in [0.4, 0.5) is 11.4 Å². The molecule has 1 atom stereocenters. The number of anilines is 2. The molecule has 0 aliphatic carbocycles. The van der Waals surface area contributed by atoms with Crippen molar-refractivity contribution >= 4 is 23.0 Å². The second kappa shape index (κ2) is 6.96. The summed E-state index contributed by atoms with van der Waals surface area (Å²) >= 11 is 0. The van der Waals surface area contributed by atoms with Gasteiger partial charge in [0.2, 0.25) is 0 Å². The Kier molecular flexibility index (Phi) is 4.57. The molecular weight excluding hydrogens is 290 g/mol. The van der Waals surface area contributed by atoms with Gasteiger partial charge in [-0.25, -0.2) is 0 Å². The van der Waals surface area contributed by atoms with Crippen molar-refractivity contribution < 1.29 is 9.63 Å². The summed E-state index contributed by atoms with van der Waals surface area (Å²) in [6.07, 6.45) is 2.20. The first-order valence-corrected chi connectivity index (χ1v) is 7.65. The van der Waals surface area contributed by atoms with E-state index in [-0.39, 0.29) is 12.0 Å². The minimum absolute atomic E-state index is 0.0518. The Balaban J connectivity index is 1.51. The number of amides is 1. The van der Waals surface area contributed by atoms with Crippen LogP contribution in [-0.4, -0.2) is 17.7 Å². The topological polar surface area (TPSA) is 76.7 Å². The molecule has 1 heterocycles. The minimum Gasteiger partial charge on any atom is -0.397 e. The average Bonchev–Trinajstić information content (AvgIpc) is 3.05. The fourth-order valence-corrected chi connectivity index (χ4v) is 2.49. The van der Waals surface area contributed by atoms with Crippen molar-refractivity contribution in [1.29, 1.82) is 0 Å². The maximum absolute atomic E-state index is 12.2. The Hall–Kier alpha value is -2.82. The zero-order valence-electron chi connectivity index (χ0n) is 12.7. The molecule has 0 saturated heterocycles. The van der Waals surface area contributed by atoms with E-state index in [1.807, 2.05) is 30.3 Å². The molecule has 0 saturated carbocycles. The van der Waals surface area contributed by atoms with Gasteiger partial charge in [0.1, 0.15) is 11.8 Å². The Bertz CT molecular complexity index is 713. The van der Waals surface area contributed by atoms with E-state index in [2.05, 4.69) is 22.6 Å². The molecule has 0 fully saturated rings. The number of carbonyl (C=O) groups is 1. The number of hydrogen-bond donors (Lipinski definition) is 2. The lowest BCUT2D eigenvalue weighted by Gasteiger charge is -2.08. The smallest absolute Gasteiger partial charge is 0.273 e. The van der Waals surface area contributed by atoms with E-state index in [1.165, 1.54) is 5.56 Å². The first kappa shape index (κ1) is 15.1. The van der Waals surface area contributed by atoms with Gasteiger partial charge in [0.05, 0.1) is 11.4 Å². The predicted octanol–water partition coefficient (Wildman–Crippen LogP) is 2.99. The molecule has 0 bridgehead atoms. The second-order valence-electron chi connectivity index (χ2n) is 5.54. The molecule has 2 aromatic rings. The molecule has 3 rings (SSSR count). The van der Waals surface area contributed by atoms with Crippen LogP contribution in [0.2, 0.25) is 0 Å². The minimum atomic E-state index is -0.259. The fourth-order valence-electron chi connectivity index (χ4n) is 2.49. The molecule has 23 heavy (non-hydrogen) atoms. The largest absolute Gasteiger partial charge is 0.397 e. The van der Waals surface area contributed by atoms with Gasteiger partial charge in [0.25, 0.3) is 5.91 Å². The lowest BCUT2D eigenvalue weighted by Crippen LogP contribution is -2.23. The quantitative estimate of drug-likeness (QED) is 0.834. The number of nitrogens with two attached hydrogens (primary N) is 1. The number of aryl methyl sites for hydroxylation is 1. The van der Waals surface area contributed by atoms with E-state index in [4.69, 9.17) is 10.6 Å². The molecule has 0 aromatic heterocycles. The Morgan fingerprint density at radius 2 is 1.91 bits per heavy atom. The van der Waals surface area contributed by atoms with E-state index in [1.54, 1.807) is 12.1 Å². The monoisotopic (exact) mass is 309 g/mol. The van der Waals surface area contributed by atoms with Crippen LogP contribution in [0.25, 0.3) is 0 Å². The Labute approximate surface area is 135 Å². The molecule has 5 nitrogen and oxygen atoms in total. The van der Waals surface area contributed by atoms with Crippen molar-refractivity contribution in [2.45, 2.75) is 25.4 Å². The molecule has 2 aromatic carbocycles. The predicted molar refractivity (Wildman–Crippen MR) is 91.2 cm³/mol. The SMILES string of the molecule is Nc1ccccc1NC(=O)C1=NOC(CCc2ccccc2)C1. The number of nitrogen functional groups attached to an aromatic ring is 1. The summed E-state index contributed by atoms with van der Waals surface area (Å²) in [6.45, 7) is 0. The van der Waals surface area contributed by atoms with Crippen LogP contribution in [-0.2, 0) is 16.1 Å². The van der Waals surface area contributed by atoms with Gasteiger partial charge in [-0.1, -0.05) is 47.6 Å². The number of nitrogens with zero attached hydrogens (tertiary/aromatic N) is 1. The van der Waals surface area contributed by atoms with Crippen LogP contribution >= 0.6 is 0 Å². The van der Waals surface area contributed by atoms with Crippen LogP contribution in [0, 0.1) is 0 Å². The molecule has 1 aliphatic rings. The van der Waals surface area contributed by atoms with Crippen LogP contribution in [0.1, 0.15) is 18.4 Å². The first-order chi connectivity index (χ1) is 11.2. The summed E-state index contributed by atoms with van der Waals surface area (Å²) in [6, 6.07) is 17.3. The molecule has 3 N–H and O–H groups in total. The average molecular weight is 309 g/mol. The highest BCUT2D eigenvalue weighted by Crippen LogP contribution is 2.20. The molecule has 1 amide bonds. The number of carbonyl (C=O) groups excluding carboxylic acids is 1. The van der Waals surface area contributed by atoms with Crippen molar-refractivity contribution in [3.8, 4) is 0 Å². The molecule has 5 heteroatoms. The number of hydrogen-bond acceptors (Lipinski definition) is 4. The zero-order chi connectivity index (χ0) is 16.1. The normalized spacial score (nSPS) is 16.5. The Morgan fingerprint density at radius 3 is 2.70 bits per heavy atom. The van der Waals surface area contributed by atoms with E-state index in [9.17, 15) is 4.79 Å². The number of para-hydroxylation sites is 2. The van der Waals surface area contributed by atoms with E-state index in [0.717, 1.165) is 12.8 Å². The van der Waals surface area contributed by atoms with Crippen LogP contribution in [0.3, 0.4) is 0 Å². The van der Waals surface area contributed by atoms with E-state index < -0.39 is 0 Å². The van der Waals surface area contributed by atoms with Gasteiger partial charge in [-0.15, -0.1) is 0 Å². The van der Waals surface area contributed by atoms with Gasteiger partial charge in [-0.2, -0.15) is 0 Å². The van der Waals surface area contributed by atoms with Gasteiger partial charge < -0.3 is 15.9 Å². The summed E-state index contributed by atoms with van der Waals surface area (Å²) in [4.78, 5) is 17.6. The number of oxime groups is 1. The lowest BCUT2D eigenvalue weighted by molar-refractivity contribution is -0.110. The highest BCUT2D eigenvalue weighted by Gasteiger charge is 2.26. The van der Waals surface area contributed by atoms with Crippen LogP contribution < -0.4 is 11.1 Å². The van der Waals surface area contributed by atoms with Crippen LogP contribution in [0.15, 0.2) is 59.8 Å². The van der Waals surface area contributed by atoms with Crippen molar-refractivity contribution in [3.63, 3.8) is 0 Å². The fraction of sp³-hybridized carbons (Fsp3) is 0.222. The highest BCUT2D eigenvalue weighted by atomic mass is 16.6. The third-order valence-electron chi connectivity index (χ3n) is 3.80. The molecule has 118 valence electrons. The molecule has 1 aliphatic heterocycles. The van der Waals surface area contributed by atoms with Gasteiger partial charge >= 0.3 is 0 Å². The van der Waals surface area contributed by atoms with Crippen molar-refractivity contribution in [2.75, 3.05) is 11.1 Å². The molecule has 0 spiro atoms. The first-order valence-electron chi connectivity index (χ1n) is 7.65. The molecule has 1 unspecified atom stereocenters. The second-order valence-corrected chi connectivity index (χ2v) is 5.54. The van der Waals surface area contributed by atoms with Crippen molar-refractivity contribution in [2.24, 2.45) is 5.16 Å². The molecule has 0 radical (unpaired) electrons. The maximum atomic E-state index is 12.2. The highest BCUT2D eigenvalue weighted by molar-refractivity contribution is 6.43. The standard InChI is InChI=1S/C18H19N3O2/c19-15-8-4-5-9-16(15)20-18(22)17-12-14(23-21-17)11-10-13-6-2-1-3-7-13/h1-9,14H,10-12,19H2,(H,20,22).